The molecular weight excluding hydrogens is 322 g/mol. The zero-order chi connectivity index (χ0) is 14.5. The molecule has 0 aromatic carbocycles. The van der Waals surface area contributed by atoms with E-state index in [1.165, 1.54) is 0 Å². The number of rotatable bonds is 7. The van der Waals surface area contributed by atoms with Gasteiger partial charge >= 0.3 is 0 Å². The summed E-state index contributed by atoms with van der Waals surface area (Å²) in [5.74, 6) is -0.0325. The highest BCUT2D eigenvalue weighted by Gasteiger charge is 2.29. The summed E-state index contributed by atoms with van der Waals surface area (Å²) in [6.07, 6.45) is 4.54. The lowest BCUT2D eigenvalue weighted by atomic mass is 10.3. The zero-order valence-electron chi connectivity index (χ0n) is 11.5. The number of nitriles is 1. The molecule has 0 radical (unpaired) electrons. The summed E-state index contributed by atoms with van der Waals surface area (Å²) in [6, 6.07) is 4.38. The summed E-state index contributed by atoms with van der Waals surface area (Å²) in [5.41, 5.74) is 0.688. The Kier molecular flexibility index (Phi) is 5.21. The SMILES string of the molecule is COCCN(CCC#N)C(=O)c1cc(Br)cn1C1CC1. The van der Waals surface area contributed by atoms with Crippen LogP contribution in [0.1, 0.15) is 35.8 Å². The highest BCUT2D eigenvalue weighted by molar-refractivity contribution is 9.10. The number of halogens is 1. The molecule has 1 aliphatic rings. The first-order valence-corrected chi connectivity index (χ1v) is 7.49. The fourth-order valence-corrected chi connectivity index (χ4v) is 2.57. The first-order valence-electron chi connectivity index (χ1n) is 6.70. The molecule has 1 heterocycles. The minimum atomic E-state index is -0.0325. The molecular formula is C14H18BrN3O2. The van der Waals surface area contributed by atoms with E-state index in [2.05, 4.69) is 22.0 Å². The van der Waals surface area contributed by atoms with Gasteiger partial charge in [-0.25, -0.2) is 0 Å². The van der Waals surface area contributed by atoms with E-state index < -0.39 is 0 Å². The van der Waals surface area contributed by atoms with Crippen LogP contribution in [-0.4, -0.2) is 42.2 Å². The Balaban J connectivity index is 2.15. The van der Waals surface area contributed by atoms with Crippen molar-refractivity contribution in [3.8, 4) is 6.07 Å². The Morgan fingerprint density at radius 1 is 1.60 bits per heavy atom. The number of carbonyl (C=O) groups is 1. The number of carbonyl (C=O) groups excluding carboxylic acids is 1. The van der Waals surface area contributed by atoms with Crippen LogP contribution in [0.4, 0.5) is 0 Å². The van der Waals surface area contributed by atoms with Gasteiger partial charge in [0.25, 0.3) is 5.91 Å². The summed E-state index contributed by atoms with van der Waals surface area (Å²) >= 11 is 3.43. The Morgan fingerprint density at radius 2 is 2.35 bits per heavy atom. The largest absolute Gasteiger partial charge is 0.383 e. The van der Waals surface area contributed by atoms with Gasteiger partial charge in [0.15, 0.2) is 0 Å². The molecule has 5 nitrogen and oxygen atoms in total. The number of ether oxygens (including phenoxy) is 1. The zero-order valence-corrected chi connectivity index (χ0v) is 13.1. The van der Waals surface area contributed by atoms with Crippen LogP contribution in [0.5, 0.6) is 0 Å². The molecule has 108 valence electrons. The molecule has 1 fully saturated rings. The third-order valence-corrected chi connectivity index (χ3v) is 3.75. The molecule has 2 rings (SSSR count). The van der Waals surface area contributed by atoms with E-state index in [4.69, 9.17) is 10.00 Å². The van der Waals surface area contributed by atoms with Crippen LogP contribution in [0.3, 0.4) is 0 Å². The fourth-order valence-electron chi connectivity index (χ4n) is 2.14. The van der Waals surface area contributed by atoms with E-state index in [0.717, 1.165) is 17.3 Å². The van der Waals surface area contributed by atoms with Crippen molar-refractivity contribution >= 4 is 21.8 Å². The minimum Gasteiger partial charge on any atom is -0.383 e. The van der Waals surface area contributed by atoms with Crippen LogP contribution < -0.4 is 0 Å². The van der Waals surface area contributed by atoms with E-state index in [9.17, 15) is 4.79 Å². The molecule has 0 bridgehead atoms. The number of amides is 1. The van der Waals surface area contributed by atoms with Gasteiger partial charge in [-0.05, 0) is 34.8 Å². The smallest absolute Gasteiger partial charge is 0.270 e. The van der Waals surface area contributed by atoms with Crippen LogP contribution in [0.2, 0.25) is 0 Å². The number of hydrogen-bond donors (Lipinski definition) is 0. The molecule has 0 aliphatic heterocycles. The van der Waals surface area contributed by atoms with Crippen LogP contribution in [0.15, 0.2) is 16.7 Å². The van der Waals surface area contributed by atoms with Crippen molar-refractivity contribution in [2.75, 3.05) is 26.8 Å². The topological polar surface area (TPSA) is 58.3 Å². The summed E-state index contributed by atoms with van der Waals surface area (Å²) in [6.45, 7) is 1.42. The summed E-state index contributed by atoms with van der Waals surface area (Å²) in [4.78, 5) is 14.3. The Labute approximate surface area is 127 Å². The van der Waals surface area contributed by atoms with Crippen molar-refractivity contribution in [3.05, 3.63) is 22.4 Å². The number of methoxy groups -OCH3 is 1. The molecule has 0 saturated heterocycles. The van der Waals surface area contributed by atoms with Crippen LogP contribution in [-0.2, 0) is 4.74 Å². The molecule has 1 saturated carbocycles. The third-order valence-electron chi connectivity index (χ3n) is 3.32. The predicted octanol–water partition coefficient (Wildman–Crippen LogP) is 2.59. The van der Waals surface area contributed by atoms with Gasteiger partial charge < -0.3 is 14.2 Å². The van der Waals surface area contributed by atoms with Crippen LogP contribution >= 0.6 is 15.9 Å². The molecule has 1 amide bonds. The molecule has 0 unspecified atom stereocenters. The average molecular weight is 340 g/mol. The lowest BCUT2D eigenvalue weighted by Gasteiger charge is -2.22. The van der Waals surface area contributed by atoms with Gasteiger partial charge in [0, 0.05) is 36.9 Å². The second kappa shape index (κ2) is 6.91. The van der Waals surface area contributed by atoms with Crippen LogP contribution in [0.25, 0.3) is 0 Å². The van der Waals surface area contributed by atoms with E-state index in [1.807, 2.05) is 16.8 Å². The number of hydrogen-bond acceptors (Lipinski definition) is 3. The van der Waals surface area contributed by atoms with Gasteiger partial charge in [-0.2, -0.15) is 5.26 Å². The molecule has 0 N–H and O–H groups in total. The van der Waals surface area contributed by atoms with E-state index in [1.54, 1.807) is 12.0 Å². The third kappa shape index (κ3) is 3.62. The molecule has 0 spiro atoms. The van der Waals surface area contributed by atoms with Gasteiger partial charge in [-0.15, -0.1) is 0 Å². The second-order valence-corrected chi connectivity index (χ2v) is 5.79. The predicted molar refractivity (Wildman–Crippen MR) is 78.4 cm³/mol. The van der Waals surface area contributed by atoms with Crippen molar-refractivity contribution in [1.82, 2.24) is 9.47 Å². The molecule has 6 heteroatoms. The maximum absolute atomic E-state index is 12.6. The maximum atomic E-state index is 12.6. The average Bonchev–Trinajstić information content (AvgIpc) is 3.21. The Hall–Kier alpha value is -1.32. The monoisotopic (exact) mass is 339 g/mol. The Morgan fingerprint density at radius 3 is 2.95 bits per heavy atom. The second-order valence-electron chi connectivity index (χ2n) is 4.88. The molecule has 20 heavy (non-hydrogen) atoms. The van der Waals surface area contributed by atoms with Gasteiger partial charge in [-0.3, -0.25) is 4.79 Å². The lowest BCUT2D eigenvalue weighted by Crippen LogP contribution is -2.35. The van der Waals surface area contributed by atoms with E-state index >= 15 is 0 Å². The van der Waals surface area contributed by atoms with Crippen molar-refractivity contribution in [1.29, 1.82) is 5.26 Å². The number of nitrogens with zero attached hydrogens (tertiary/aromatic N) is 3. The fraction of sp³-hybridized carbons (Fsp3) is 0.571. The molecule has 1 aliphatic carbocycles. The molecule has 0 atom stereocenters. The highest BCUT2D eigenvalue weighted by Crippen LogP contribution is 2.37. The molecule has 1 aromatic rings. The van der Waals surface area contributed by atoms with Crippen molar-refractivity contribution in [2.45, 2.75) is 25.3 Å². The molecule has 1 aromatic heterocycles. The van der Waals surface area contributed by atoms with Gasteiger partial charge in [0.2, 0.25) is 0 Å². The maximum Gasteiger partial charge on any atom is 0.270 e. The highest BCUT2D eigenvalue weighted by atomic mass is 79.9. The van der Waals surface area contributed by atoms with Crippen molar-refractivity contribution < 1.29 is 9.53 Å². The Bertz CT molecular complexity index is 517. The van der Waals surface area contributed by atoms with E-state index in [-0.39, 0.29) is 5.91 Å². The minimum absolute atomic E-state index is 0.0325. The van der Waals surface area contributed by atoms with Gasteiger partial charge in [0.05, 0.1) is 19.1 Å². The first kappa shape index (κ1) is 15.1. The van der Waals surface area contributed by atoms with E-state index in [0.29, 0.717) is 37.9 Å². The standard InChI is InChI=1S/C14H18BrN3O2/c1-20-8-7-17(6-2-5-16)14(19)13-9-11(15)10-18(13)12-3-4-12/h9-10,12H,2-4,6-8H2,1H3. The summed E-state index contributed by atoms with van der Waals surface area (Å²) < 4.78 is 8.00. The summed E-state index contributed by atoms with van der Waals surface area (Å²) in [5, 5.41) is 8.72. The normalized spacial score (nSPS) is 14.1. The van der Waals surface area contributed by atoms with Crippen LogP contribution in [0, 0.1) is 11.3 Å². The van der Waals surface area contributed by atoms with Gasteiger partial charge in [-0.1, -0.05) is 0 Å². The first-order chi connectivity index (χ1) is 9.67. The number of aromatic nitrogens is 1. The quantitative estimate of drug-likeness (QED) is 0.767. The van der Waals surface area contributed by atoms with Gasteiger partial charge in [0.1, 0.15) is 5.69 Å². The lowest BCUT2D eigenvalue weighted by molar-refractivity contribution is 0.0689. The van der Waals surface area contributed by atoms with Crippen molar-refractivity contribution in [2.24, 2.45) is 0 Å². The van der Waals surface area contributed by atoms with Crippen molar-refractivity contribution in [3.63, 3.8) is 0 Å². The summed E-state index contributed by atoms with van der Waals surface area (Å²) in [7, 11) is 1.61.